The summed E-state index contributed by atoms with van der Waals surface area (Å²) in [5.74, 6) is 0. The van der Waals surface area contributed by atoms with Gasteiger partial charge in [0.1, 0.15) is 10.5 Å². The minimum atomic E-state index is -3.81. The van der Waals surface area contributed by atoms with Gasteiger partial charge in [-0.05, 0) is 56.7 Å². The normalized spacial score (nSPS) is 12.4. The van der Waals surface area contributed by atoms with Crippen molar-refractivity contribution in [1.29, 1.82) is 0 Å². The van der Waals surface area contributed by atoms with Crippen molar-refractivity contribution in [2.45, 2.75) is 30.6 Å². The molecule has 0 unspecified atom stereocenters. The molecule has 0 atom stereocenters. The summed E-state index contributed by atoms with van der Waals surface area (Å²) < 4.78 is 32.8. The summed E-state index contributed by atoms with van der Waals surface area (Å²) in [5, 5.41) is 0.706. The van der Waals surface area contributed by atoms with Crippen molar-refractivity contribution in [2.24, 2.45) is 4.99 Å². The van der Waals surface area contributed by atoms with E-state index in [2.05, 4.69) is 4.99 Å². The molecular formula is C24H21NO3S. The van der Waals surface area contributed by atoms with E-state index in [1.807, 2.05) is 57.2 Å². The monoisotopic (exact) mass is 403 g/mol. The Balaban J connectivity index is 2.03. The topological polar surface area (TPSA) is 59.6 Å². The molecule has 0 saturated carbocycles. The van der Waals surface area contributed by atoms with Gasteiger partial charge in [-0.2, -0.15) is 0 Å². The highest BCUT2D eigenvalue weighted by Gasteiger charge is 2.22. The van der Waals surface area contributed by atoms with E-state index in [1.165, 1.54) is 0 Å². The van der Waals surface area contributed by atoms with Crippen LogP contribution >= 0.6 is 0 Å². The van der Waals surface area contributed by atoms with Gasteiger partial charge in [-0.1, -0.05) is 53.6 Å². The zero-order chi connectivity index (χ0) is 20.6. The summed E-state index contributed by atoms with van der Waals surface area (Å²) in [7, 11) is -3.81. The number of hydrogen-bond acceptors (Lipinski definition) is 4. The molecule has 0 spiro atoms. The molecule has 0 radical (unpaired) electrons. The lowest BCUT2D eigenvalue weighted by molar-refractivity contribution is 0.517. The average Bonchev–Trinajstić information content (AvgIpc) is 2.70. The number of aryl methyl sites for hydroxylation is 3. The van der Waals surface area contributed by atoms with Crippen LogP contribution in [0, 0.1) is 20.8 Å². The predicted octanol–water partition coefficient (Wildman–Crippen LogP) is 5.42. The molecule has 4 rings (SSSR count). The van der Waals surface area contributed by atoms with Crippen LogP contribution < -0.4 is 5.55 Å². The first-order valence-corrected chi connectivity index (χ1v) is 10.8. The van der Waals surface area contributed by atoms with Crippen molar-refractivity contribution in [2.75, 3.05) is 0 Å². The van der Waals surface area contributed by atoms with Crippen LogP contribution in [0.4, 0.5) is 5.69 Å². The zero-order valence-electron chi connectivity index (χ0n) is 16.5. The summed E-state index contributed by atoms with van der Waals surface area (Å²) in [4.78, 5) is 4.86. The summed E-state index contributed by atoms with van der Waals surface area (Å²) in [6.45, 7) is 5.87. The molecule has 0 aliphatic rings. The second-order valence-corrected chi connectivity index (χ2v) is 9.09. The molecular weight excluding hydrogens is 382 g/mol. The average molecular weight is 404 g/mol. The minimum Gasteiger partial charge on any atom is -0.437 e. The first kappa shape index (κ1) is 19.2. The van der Waals surface area contributed by atoms with Gasteiger partial charge in [0.05, 0.1) is 10.6 Å². The van der Waals surface area contributed by atoms with Crippen LogP contribution in [0.5, 0.6) is 0 Å². The Bertz CT molecular complexity index is 1380. The zero-order valence-corrected chi connectivity index (χ0v) is 17.3. The molecule has 0 fully saturated rings. The molecule has 0 bridgehead atoms. The molecule has 29 heavy (non-hydrogen) atoms. The van der Waals surface area contributed by atoms with Gasteiger partial charge in [0.25, 0.3) is 0 Å². The fraction of sp³-hybridized carbons (Fsp3) is 0.125. The molecule has 0 amide bonds. The van der Waals surface area contributed by atoms with Crippen molar-refractivity contribution in [3.63, 3.8) is 0 Å². The van der Waals surface area contributed by atoms with E-state index in [9.17, 15) is 8.42 Å². The number of nitrogens with zero attached hydrogens (tertiary/aromatic N) is 1. The van der Waals surface area contributed by atoms with Crippen LogP contribution in [-0.2, 0) is 9.84 Å². The molecule has 0 aliphatic heterocycles. The minimum absolute atomic E-state index is 0.0556. The Labute approximate surface area is 170 Å². The van der Waals surface area contributed by atoms with E-state index >= 15 is 0 Å². The molecule has 4 aromatic rings. The SMILES string of the molecule is Cc1ccc(S(=O)(=O)c2cc3ccccc3oc2=Nc2ccc(C)cc2C)cc1. The van der Waals surface area contributed by atoms with E-state index in [4.69, 9.17) is 4.42 Å². The van der Waals surface area contributed by atoms with E-state index in [1.54, 1.807) is 36.4 Å². The molecule has 0 N–H and O–H groups in total. The van der Waals surface area contributed by atoms with Gasteiger partial charge in [0.15, 0.2) is 0 Å². The molecule has 5 heteroatoms. The van der Waals surface area contributed by atoms with Crippen molar-refractivity contribution < 1.29 is 12.8 Å². The third-order valence-corrected chi connectivity index (χ3v) is 6.58. The van der Waals surface area contributed by atoms with Crippen LogP contribution in [0.1, 0.15) is 16.7 Å². The molecule has 4 nitrogen and oxygen atoms in total. The van der Waals surface area contributed by atoms with Crippen LogP contribution in [0.2, 0.25) is 0 Å². The van der Waals surface area contributed by atoms with Crippen LogP contribution in [0.15, 0.2) is 92.0 Å². The van der Waals surface area contributed by atoms with Gasteiger partial charge in [-0.15, -0.1) is 0 Å². The maximum Gasteiger partial charge on any atom is 0.239 e. The Morgan fingerprint density at radius 2 is 1.48 bits per heavy atom. The van der Waals surface area contributed by atoms with E-state index in [-0.39, 0.29) is 15.3 Å². The molecule has 146 valence electrons. The fourth-order valence-electron chi connectivity index (χ4n) is 3.21. The highest BCUT2D eigenvalue weighted by molar-refractivity contribution is 7.91. The number of sulfone groups is 1. The van der Waals surface area contributed by atoms with Gasteiger partial charge in [-0.25, -0.2) is 13.4 Å². The van der Waals surface area contributed by atoms with E-state index in [0.717, 1.165) is 16.7 Å². The molecule has 1 aromatic heterocycles. The van der Waals surface area contributed by atoms with Crippen molar-refractivity contribution in [1.82, 2.24) is 0 Å². The van der Waals surface area contributed by atoms with Crippen molar-refractivity contribution in [3.8, 4) is 0 Å². The quantitative estimate of drug-likeness (QED) is 0.459. The summed E-state index contributed by atoms with van der Waals surface area (Å²) in [5.41, 5.74) is 4.40. The number of fused-ring (bicyclic) bond motifs is 1. The summed E-state index contributed by atoms with van der Waals surface area (Å²) in [6, 6.07) is 21.6. The smallest absolute Gasteiger partial charge is 0.239 e. The number of benzene rings is 3. The lowest BCUT2D eigenvalue weighted by Gasteiger charge is -2.08. The van der Waals surface area contributed by atoms with Gasteiger partial charge < -0.3 is 4.42 Å². The van der Waals surface area contributed by atoms with Crippen molar-refractivity contribution >= 4 is 26.5 Å². The Morgan fingerprint density at radius 3 is 2.21 bits per heavy atom. The molecule has 3 aromatic carbocycles. The van der Waals surface area contributed by atoms with E-state index in [0.29, 0.717) is 16.7 Å². The lowest BCUT2D eigenvalue weighted by atomic mass is 10.1. The van der Waals surface area contributed by atoms with Gasteiger partial charge in [0, 0.05) is 5.39 Å². The first-order chi connectivity index (χ1) is 13.8. The maximum absolute atomic E-state index is 13.4. The van der Waals surface area contributed by atoms with E-state index < -0.39 is 9.84 Å². The fourth-order valence-corrected chi connectivity index (χ4v) is 4.55. The van der Waals surface area contributed by atoms with Crippen molar-refractivity contribution in [3.05, 3.63) is 95.0 Å². The number of hydrogen-bond donors (Lipinski definition) is 0. The standard InChI is InChI=1S/C24H21NO3S/c1-16-8-11-20(12-9-16)29(26,27)23-15-19-6-4-5-7-22(19)28-24(23)25-21-13-10-17(2)14-18(21)3/h4-15H,1-3H3. The molecule has 0 aliphatic carbocycles. The van der Waals surface area contributed by atoms with Crippen LogP contribution in [-0.4, -0.2) is 8.42 Å². The summed E-state index contributed by atoms with van der Waals surface area (Å²) in [6.07, 6.45) is 0. The maximum atomic E-state index is 13.4. The first-order valence-electron chi connectivity index (χ1n) is 9.31. The Hall–Kier alpha value is -3.18. The Morgan fingerprint density at radius 1 is 0.793 bits per heavy atom. The number of rotatable bonds is 3. The molecule has 0 saturated heterocycles. The van der Waals surface area contributed by atoms with Crippen LogP contribution in [0.25, 0.3) is 11.0 Å². The third kappa shape index (κ3) is 3.74. The lowest BCUT2D eigenvalue weighted by Crippen LogP contribution is -2.16. The Kier molecular flexibility index (Phi) is 4.84. The largest absolute Gasteiger partial charge is 0.437 e. The van der Waals surface area contributed by atoms with Gasteiger partial charge >= 0.3 is 0 Å². The highest BCUT2D eigenvalue weighted by Crippen LogP contribution is 2.24. The van der Waals surface area contributed by atoms with Gasteiger partial charge in [0.2, 0.25) is 15.4 Å². The molecule has 1 heterocycles. The second kappa shape index (κ2) is 7.33. The highest BCUT2D eigenvalue weighted by atomic mass is 32.2. The second-order valence-electron chi connectivity index (χ2n) is 7.17. The number of para-hydroxylation sites is 1. The van der Waals surface area contributed by atoms with Gasteiger partial charge in [-0.3, -0.25) is 0 Å². The van der Waals surface area contributed by atoms with Crippen LogP contribution in [0.3, 0.4) is 0 Å². The summed E-state index contributed by atoms with van der Waals surface area (Å²) >= 11 is 0. The predicted molar refractivity (Wildman–Crippen MR) is 114 cm³/mol. The third-order valence-electron chi connectivity index (χ3n) is 4.82.